The van der Waals surface area contributed by atoms with Crippen molar-refractivity contribution in [1.29, 1.82) is 0 Å². The molecule has 1 rings (SSSR count). The molecule has 2 amide bonds. The van der Waals surface area contributed by atoms with Gasteiger partial charge in [0.15, 0.2) is 5.75 Å². The van der Waals surface area contributed by atoms with Crippen LogP contribution in [0.1, 0.15) is 17.3 Å². The van der Waals surface area contributed by atoms with Gasteiger partial charge in [0.1, 0.15) is 12.1 Å². The molecule has 0 aliphatic heterocycles. The third-order valence-electron chi connectivity index (χ3n) is 2.21. The van der Waals surface area contributed by atoms with Gasteiger partial charge in [0.05, 0.1) is 12.3 Å². The fraction of sp³-hybridized carbons (Fsp3) is 0.250. The molecule has 0 aromatic heterocycles. The molecular formula is C12H14N2O6. The summed E-state index contributed by atoms with van der Waals surface area (Å²) < 4.78 is 4.61. The number of anilines is 1. The number of hydrogen-bond donors (Lipinski definition) is 4. The summed E-state index contributed by atoms with van der Waals surface area (Å²) in [6.07, 6.45) is 0. The molecule has 1 aromatic carbocycles. The van der Waals surface area contributed by atoms with Crippen molar-refractivity contribution in [1.82, 2.24) is 5.32 Å². The zero-order valence-corrected chi connectivity index (χ0v) is 10.7. The number of ether oxygens (including phenoxy) is 1. The Hall–Kier alpha value is -2.77. The number of aromatic hydroxyl groups is 1. The van der Waals surface area contributed by atoms with Crippen LogP contribution in [0.4, 0.5) is 10.5 Å². The van der Waals surface area contributed by atoms with Crippen LogP contribution in [0.25, 0.3) is 0 Å². The van der Waals surface area contributed by atoms with Crippen molar-refractivity contribution in [3.05, 3.63) is 23.8 Å². The van der Waals surface area contributed by atoms with Gasteiger partial charge >= 0.3 is 18.0 Å². The summed E-state index contributed by atoms with van der Waals surface area (Å²) in [5.41, 5.74) is -0.417. The minimum absolute atomic E-state index is 0.0775. The van der Waals surface area contributed by atoms with E-state index < -0.39 is 23.7 Å². The maximum Gasteiger partial charge on any atom is 0.339 e. The van der Waals surface area contributed by atoms with E-state index in [9.17, 15) is 19.5 Å². The highest BCUT2D eigenvalue weighted by atomic mass is 16.5. The molecule has 20 heavy (non-hydrogen) atoms. The molecular weight excluding hydrogens is 268 g/mol. The smallest absolute Gasteiger partial charge is 0.339 e. The molecule has 0 radical (unpaired) electrons. The number of amides is 2. The summed E-state index contributed by atoms with van der Waals surface area (Å²) in [5, 5.41) is 22.9. The Morgan fingerprint density at radius 1 is 1.30 bits per heavy atom. The summed E-state index contributed by atoms with van der Waals surface area (Å²) in [5.74, 6) is -2.49. The molecule has 1 aromatic rings. The minimum atomic E-state index is -1.32. The molecule has 0 aliphatic carbocycles. The SMILES string of the molecule is CCOC(=O)CNC(=O)Nc1cccc(C(=O)O)c1O. The van der Waals surface area contributed by atoms with E-state index in [1.165, 1.54) is 18.2 Å². The normalized spacial score (nSPS) is 9.65. The molecule has 0 atom stereocenters. The number of aromatic carboxylic acids is 1. The van der Waals surface area contributed by atoms with Gasteiger partial charge in [-0.25, -0.2) is 9.59 Å². The monoisotopic (exact) mass is 282 g/mol. The van der Waals surface area contributed by atoms with Gasteiger partial charge in [0.25, 0.3) is 0 Å². The minimum Gasteiger partial charge on any atom is -0.505 e. The molecule has 0 heterocycles. The number of phenols is 1. The molecule has 0 spiro atoms. The van der Waals surface area contributed by atoms with E-state index >= 15 is 0 Å². The van der Waals surface area contributed by atoms with E-state index in [2.05, 4.69) is 15.4 Å². The largest absolute Gasteiger partial charge is 0.505 e. The second-order valence-electron chi connectivity index (χ2n) is 3.62. The molecule has 8 nitrogen and oxygen atoms in total. The Balaban J connectivity index is 2.65. The van der Waals surface area contributed by atoms with Crippen LogP contribution in [0, 0.1) is 0 Å². The number of benzene rings is 1. The number of carboxylic acid groups (broad SMARTS) is 1. The number of nitrogens with one attached hydrogen (secondary N) is 2. The van der Waals surface area contributed by atoms with Crippen LogP contribution in [0.2, 0.25) is 0 Å². The first kappa shape index (κ1) is 15.3. The lowest BCUT2D eigenvalue weighted by Gasteiger charge is -2.10. The van der Waals surface area contributed by atoms with Crippen molar-refractivity contribution in [2.45, 2.75) is 6.92 Å². The first-order valence-corrected chi connectivity index (χ1v) is 5.71. The van der Waals surface area contributed by atoms with E-state index in [0.717, 1.165) is 0 Å². The molecule has 0 bridgehead atoms. The van der Waals surface area contributed by atoms with Gasteiger partial charge in [-0.1, -0.05) is 6.07 Å². The van der Waals surface area contributed by atoms with Crippen molar-refractivity contribution in [3.63, 3.8) is 0 Å². The van der Waals surface area contributed by atoms with Gasteiger partial charge in [-0.3, -0.25) is 4.79 Å². The van der Waals surface area contributed by atoms with Crippen molar-refractivity contribution in [2.24, 2.45) is 0 Å². The number of carbonyl (C=O) groups excluding carboxylic acids is 2. The van der Waals surface area contributed by atoms with Gasteiger partial charge < -0.3 is 25.6 Å². The summed E-state index contributed by atoms with van der Waals surface area (Å²) in [4.78, 5) is 33.3. The standard InChI is InChI=1S/C12H14N2O6/c1-2-20-9(15)6-13-12(19)14-8-5-3-4-7(10(8)16)11(17)18/h3-5,16H,2,6H2,1H3,(H,17,18)(H2,13,14,19). The summed E-state index contributed by atoms with van der Waals surface area (Å²) in [7, 11) is 0. The van der Waals surface area contributed by atoms with Gasteiger partial charge in [0, 0.05) is 0 Å². The quantitative estimate of drug-likeness (QED) is 0.467. The Morgan fingerprint density at radius 2 is 2.00 bits per heavy atom. The maximum atomic E-state index is 11.5. The third kappa shape index (κ3) is 4.16. The van der Waals surface area contributed by atoms with Crippen molar-refractivity contribution < 1.29 is 29.3 Å². The Kier molecular flexibility index (Phi) is 5.33. The maximum absolute atomic E-state index is 11.5. The number of para-hydroxylation sites is 1. The second-order valence-corrected chi connectivity index (χ2v) is 3.62. The molecule has 108 valence electrons. The molecule has 0 unspecified atom stereocenters. The predicted octanol–water partition coefficient (Wildman–Crippen LogP) is 0.775. The summed E-state index contributed by atoms with van der Waals surface area (Å²) in [6, 6.07) is 3.12. The Labute approximate surface area is 114 Å². The molecule has 4 N–H and O–H groups in total. The van der Waals surface area contributed by atoms with Crippen molar-refractivity contribution in [3.8, 4) is 5.75 Å². The van der Waals surface area contributed by atoms with E-state index in [1.807, 2.05) is 0 Å². The number of carbonyl (C=O) groups is 3. The molecule has 8 heteroatoms. The average Bonchev–Trinajstić information content (AvgIpc) is 2.39. The third-order valence-corrected chi connectivity index (χ3v) is 2.21. The van der Waals surface area contributed by atoms with E-state index in [1.54, 1.807) is 6.92 Å². The van der Waals surface area contributed by atoms with Gasteiger partial charge in [0.2, 0.25) is 0 Å². The van der Waals surface area contributed by atoms with Crippen LogP contribution >= 0.6 is 0 Å². The fourth-order valence-corrected chi connectivity index (χ4v) is 1.35. The first-order chi connectivity index (χ1) is 9.45. The van der Waals surface area contributed by atoms with Crippen LogP contribution in [0.3, 0.4) is 0 Å². The van der Waals surface area contributed by atoms with Crippen LogP contribution in [0.15, 0.2) is 18.2 Å². The van der Waals surface area contributed by atoms with Gasteiger partial charge in [-0.05, 0) is 19.1 Å². The van der Waals surface area contributed by atoms with Gasteiger partial charge in [-0.15, -0.1) is 0 Å². The topological polar surface area (TPSA) is 125 Å². The highest BCUT2D eigenvalue weighted by molar-refractivity contribution is 5.97. The summed E-state index contributed by atoms with van der Waals surface area (Å²) >= 11 is 0. The second kappa shape index (κ2) is 6.98. The zero-order chi connectivity index (χ0) is 15.1. The predicted molar refractivity (Wildman–Crippen MR) is 68.7 cm³/mol. The average molecular weight is 282 g/mol. The molecule has 0 saturated carbocycles. The van der Waals surface area contributed by atoms with E-state index in [0.29, 0.717) is 0 Å². The fourth-order valence-electron chi connectivity index (χ4n) is 1.35. The lowest BCUT2D eigenvalue weighted by molar-refractivity contribution is -0.141. The summed E-state index contributed by atoms with van der Waals surface area (Å²) in [6.45, 7) is 1.50. The Bertz CT molecular complexity index is 529. The number of carboxylic acids is 1. The van der Waals surface area contributed by atoms with Crippen LogP contribution in [0.5, 0.6) is 5.75 Å². The van der Waals surface area contributed by atoms with Crippen LogP contribution < -0.4 is 10.6 Å². The zero-order valence-electron chi connectivity index (χ0n) is 10.7. The molecule has 0 saturated heterocycles. The molecule has 0 aliphatic rings. The molecule has 0 fully saturated rings. The highest BCUT2D eigenvalue weighted by Crippen LogP contribution is 2.27. The number of rotatable bonds is 5. The van der Waals surface area contributed by atoms with Gasteiger partial charge in [-0.2, -0.15) is 0 Å². The lowest BCUT2D eigenvalue weighted by Crippen LogP contribution is -2.34. The highest BCUT2D eigenvalue weighted by Gasteiger charge is 2.14. The van der Waals surface area contributed by atoms with Crippen molar-refractivity contribution >= 4 is 23.7 Å². The number of urea groups is 1. The van der Waals surface area contributed by atoms with Crippen LogP contribution in [-0.4, -0.2) is 41.3 Å². The first-order valence-electron chi connectivity index (χ1n) is 5.71. The van der Waals surface area contributed by atoms with E-state index in [4.69, 9.17) is 5.11 Å². The Morgan fingerprint density at radius 3 is 2.60 bits per heavy atom. The lowest BCUT2D eigenvalue weighted by atomic mass is 10.2. The number of hydrogen-bond acceptors (Lipinski definition) is 5. The van der Waals surface area contributed by atoms with Crippen molar-refractivity contribution in [2.75, 3.05) is 18.5 Å². The van der Waals surface area contributed by atoms with Crippen LogP contribution in [-0.2, 0) is 9.53 Å². The van der Waals surface area contributed by atoms with E-state index in [-0.39, 0.29) is 24.4 Å². The number of esters is 1.